The third-order valence-corrected chi connectivity index (χ3v) is 6.33. The molecule has 0 N–H and O–H groups in total. The molecule has 0 atom stereocenters. The van der Waals surface area contributed by atoms with E-state index < -0.39 is 5.60 Å². The van der Waals surface area contributed by atoms with Crippen LogP contribution in [-0.2, 0) is 21.6 Å². The highest BCUT2D eigenvalue weighted by molar-refractivity contribution is 5.42. The molecule has 3 heterocycles. The predicted molar refractivity (Wildman–Crippen MR) is 110 cm³/mol. The summed E-state index contributed by atoms with van der Waals surface area (Å²) in [5, 5.41) is 4.27. The van der Waals surface area contributed by atoms with Gasteiger partial charge in [0.15, 0.2) is 17.3 Å². The number of aromatic nitrogens is 2. The zero-order valence-electron chi connectivity index (χ0n) is 18.1. The smallest absolute Gasteiger partial charge is 0.258 e. The van der Waals surface area contributed by atoms with Gasteiger partial charge in [-0.3, -0.25) is 4.90 Å². The summed E-state index contributed by atoms with van der Waals surface area (Å²) < 4.78 is 27.8. The van der Waals surface area contributed by atoms with E-state index in [0.29, 0.717) is 11.8 Å². The van der Waals surface area contributed by atoms with Crippen LogP contribution in [0.25, 0.3) is 0 Å². The minimum atomic E-state index is -0.509. The fourth-order valence-electron chi connectivity index (χ4n) is 4.36. The largest absolute Gasteiger partial charge is 0.493 e. The summed E-state index contributed by atoms with van der Waals surface area (Å²) in [5.74, 6) is 3.21. The summed E-state index contributed by atoms with van der Waals surface area (Å²) in [4.78, 5) is 7.16. The number of hydrogen-bond donors (Lipinski definition) is 0. The van der Waals surface area contributed by atoms with Crippen LogP contribution < -0.4 is 9.47 Å². The van der Waals surface area contributed by atoms with Crippen molar-refractivity contribution >= 4 is 0 Å². The molecule has 4 rings (SSSR count). The SMILES string of the molecule is COc1ccc(CN2CCC(OC)(c3nc(C4CCOCC4)no3)CC2)cc1OC. The Morgan fingerprint density at radius 1 is 1.07 bits per heavy atom. The summed E-state index contributed by atoms with van der Waals surface area (Å²) in [7, 11) is 5.05. The molecule has 0 spiro atoms. The molecular formula is C22H31N3O5. The van der Waals surface area contributed by atoms with E-state index in [9.17, 15) is 0 Å². The maximum absolute atomic E-state index is 5.95. The molecule has 0 amide bonds. The van der Waals surface area contributed by atoms with Crippen LogP contribution in [0.5, 0.6) is 11.5 Å². The zero-order chi connectivity index (χ0) is 21.0. The van der Waals surface area contributed by atoms with Crippen LogP contribution in [0.2, 0.25) is 0 Å². The average molecular weight is 418 g/mol. The quantitative estimate of drug-likeness (QED) is 0.680. The van der Waals surface area contributed by atoms with Crippen LogP contribution in [0, 0.1) is 0 Å². The summed E-state index contributed by atoms with van der Waals surface area (Å²) in [6, 6.07) is 6.07. The van der Waals surface area contributed by atoms with Crippen LogP contribution in [-0.4, -0.2) is 62.7 Å². The van der Waals surface area contributed by atoms with Crippen LogP contribution in [0.4, 0.5) is 0 Å². The first-order chi connectivity index (χ1) is 14.7. The minimum Gasteiger partial charge on any atom is -0.493 e. The van der Waals surface area contributed by atoms with Crippen molar-refractivity contribution < 1.29 is 23.5 Å². The van der Waals surface area contributed by atoms with Crippen molar-refractivity contribution in [3.05, 3.63) is 35.5 Å². The van der Waals surface area contributed by atoms with Gasteiger partial charge in [0.2, 0.25) is 0 Å². The fraction of sp³-hybridized carbons (Fsp3) is 0.636. The van der Waals surface area contributed by atoms with Crippen molar-refractivity contribution in [3.63, 3.8) is 0 Å². The molecule has 2 fully saturated rings. The van der Waals surface area contributed by atoms with Gasteiger partial charge in [-0.15, -0.1) is 0 Å². The highest BCUT2D eigenvalue weighted by atomic mass is 16.5. The van der Waals surface area contributed by atoms with Crippen molar-refractivity contribution in [2.24, 2.45) is 0 Å². The lowest BCUT2D eigenvalue weighted by atomic mass is 9.90. The molecule has 0 unspecified atom stereocenters. The Bertz CT molecular complexity index is 826. The van der Waals surface area contributed by atoms with Crippen molar-refractivity contribution in [1.29, 1.82) is 0 Å². The van der Waals surface area contributed by atoms with Crippen molar-refractivity contribution in [2.75, 3.05) is 47.6 Å². The van der Waals surface area contributed by atoms with Gasteiger partial charge in [0.25, 0.3) is 5.89 Å². The number of rotatable bonds is 7. The van der Waals surface area contributed by atoms with Gasteiger partial charge < -0.3 is 23.5 Å². The Kier molecular flexibility index (Phi) is 6.55. The van der Waals surface area contributed by atoms with Crippen molar-refractivity contribution in [1.82, 2.24) is 15.0 Å². The summed E-state index contributed by atoms with van der Waals surface area (Å²) in [6.07, 6.45) is 3.51. The molecule has 8 nitrogen and oxygen atoms in total. The topological polar surface area (TPSA) is 79.1 Å². The van der Waals surface area contributed by atoms with Crippen LogP contribution in [0.3, 0.4) is 0 Å². The first-order valence-corrected chi connectivity index (χ1v) is 10.6. The summed E-state index contributed by atoms with van der Waals surface area (Å²) >= 11 is 0. The van der Waals surface area contributed by atoms with Crippen LogP contribution in [0.1, 0.15) is 48.9 Å². The van der Waals surface area contributed by atoms with Crippen molar-refractivity contribution in [2.45, 2.75) is 43.7 Å². The minimum absolute atomic E-state index is 0.315. The van der Waals surface area contributed by atoms with E-state index in [-0.39, 0.29) is 0 Å². The van der Waals surface area contributed by atoms with Gasteiger partial charge in [-0.05, 0) is 43.4 Å². The lowest BCUT2D eigenvalue weighted by molar-refractivity contribution is -0.0838. The van der Waals surface area contributed by atoms with E-state index in [4.69, 9.17) is 28.5 Å². The zero-order valence-corrected chi connectivity index (χ0v) is 18.1. The maximum Gasteiger partial charge on any atom is 0.258 e. The molecule has 0 aliphatic carbocycles. The van der Waals surface area contributed by atoms with Gasteiger partial charge in [-0.25, -0.2) is 0 Å². The van der Waals surface area contributed by atoms with Crippen LogP contribution >= 0.6 is 0 Å². The molecule has 2 aliphatic heterocycles. The Labute approximate surface area is 177 Å². The summed E-state index contributed by atoms with van der Waals surface area (Å²) in [5.41, 5.74) is 0.682. The Hall–Kier alpha value is -2.16. The third kappa shape index (κ3) is 4.31. The van der Waals surface area contributed by atoms with Crippen LogP contribution in [0.15, 0.2) is 22.7 Å². The van der Waals surface area contributed by atoms with E-state index in [1.807, 2.05) is 12.1 Å². The lowest BCUT2D eigenvalue weighted by Gasteiger charge is -2.38. The molecular weight excluding hydrogens is 386 g/mol. The molecule has 0 saturated carbocycles. The predicted octanol–water partition coefficient (Wildman–Crippen LogP) is 3.12. The lowest BCUT2D eigenvalue weighted by Crippen LogP contribution is -2.43. The summed E-state index contributed by atoms with van der Waals surface area (Å²) in [6.45, 7) is 4.13. The molecule has 1 aromatic heterocycles. The normalized spacial score (nSPS) is 20.2. The second-order valence-electron chi connectivity index (χ2n) is 8.01. The van der Waals surface area contributed by atoms with E-state index in [2.05, 4.69) is 16.1 Å². The highest BCUT2D eigenvalue weighted by Crippen LogP contribution is 2.37. The van der Waals surface area contributed by atoms with Crippen molar-refractivity contribution in [3.8, 4) is 11.5 Å². The molecule has 0 radical (unpaired) electrons. The molecule has 8 heteroatoms. The number of piperidine rings is 1. The van der Waals surface area contributed by atoms with Gasteiger partial charge in [-0.1, -0.05) is 11.2 Å². The van der Waals surface area contributed by atoms with Gasteiger partial charge >= 0.3 is 0 Å². The Morgan fingerprint density at radius 2 is 1.80 bits per heavy atom. The molecule has 164 valence electrons. The number of ether oxygens (including phenoxy) is 4. The molecule has 1 aromatic carbocycles. The highest BCUT2D eigenvalue weighted by Gasteiger charge is 2.42. The average Bonchev–Trinajstić information content (AvgIpc) is 3.31. The fourth-order valence-corrected chi connectivity index (χ4v) is 4.36. The molecule has 30 heavy (non-hydrogen) atoms. The van der Waals surface area contributed by atoms with Gasteiger partial charge in [-0.2, -0.15) is 4.98 Å². The molecule has 2 aliphatic rings. The number of methoxy groups -OCH3 is 3. The number of hydrogen-bond acceptors (Lipinski definition) is 8. The van der Waals surface area contributed by atoms with Gasteiger partial charge in [0.1, 0.15) is 5.60 Å². The first kappa shape index (κ1) is 21.1. The Balaban J connectivity index is 1.40. The third-order valence-electron chi connectivity index (χ3n) is 6.33. The monoisotopic (exact) mass is 417 g/mol. The second-order valence-corrected chi connectivity index (χ2v) is 8.01. The number of benzene rings is 1. The number of nitrogens with zero attached hydrogens (tertiary/aromatic N) is 3. The standard InChI is InChI=1S/C22H31N3O5/c1-26-18-5-4-16(14-19(18)27-2)15-25-10-8-22(28-3,9-11-25)21-23-20(24-30-21)17-6-12-29-13-7-17/h4-5,14,17H,6-13,15H2,1-3H3. The van der Waals surface area contributed by atoms with Gasteiger partial charge in [0, 0.05) is 45.9 Å². The van der Waals surface area contributed by atoms with E-state index in [1.54, 1.807) is 21.3 Å². The van der Waals surface area contributed by atoms with E-state index >= 15 is 0 Å². The molecule has 2 saturated heterocycles. The second kappa shape index (κ2) is 9.32. The van der Waals surface area contributed by atoms with E-state index in [0.717, 1.165) is 75.9 Å². The maximum atomic E-state index is 5.95. The number of likely N-dealkylation sites (tertiary alicyclic amines) is 1. The first-order valence-electron chi connectivity index (χ1n) is 10.6. The molecule has 2 aromatic rings. The molecule has 0 bridgehead atoms. The Morgan fingerprint density at radius 3 is 2.47 bits per heavy atom. The van der Waals surface area contributed by atoms with E-state index in [1.165, 1.54) is 5.56 Å². The van der Waals surface area contributed by atoms with Gasteiger partial charge in [0.05, 0.1) is 14.2 Å².